The molecule has 18 heavy (non-hydrogen) atoms. The van der Waals surface area contributed by atoms with Crippen molar-refractivity contribution in [3.8, 4) is 5.75 Å². The molecule has 1 aliphatic carbocycles. The maximum absolute atomic E-state index is 13.8. The fourth-order valence-electron chi connectivity index (χ4n) is 3.18. The Labute approximate surface area is 106 Å². The van der Waals surface area contributed by atoms with E-state index in [-0.39, 0.29) is 5.82 Å². The first-order valence-corrected chi connectivity index (χ1v) is 6.64. The van der Waals surface area contributed by atoms with Crippen LogP contribution in [-0.4, -0.2) is 11.7 Å². The Balaban J connectivity index is 2.37. The molecule has 3 rings (SSSR count). The van der Waals surface area contributed by atoms with Gasteiger partial charge in [0.05, 0.1) is 12.6 Å². The zero-order valence-electron chi connectivity index (χ0n) is 10.9. The summed E-state index contributed by atoms with van der Waals surface area (Å²) >= 11 is 0. The summed E-state index contributed by atoms with van der Waals surface area (Å²) in [5, 5.41) is 0.999. The Morgan fingerprint density at radius 1 is 1.33 bits per heavy atom. The SMILES string of the molecule is CCCn1c2c(c3c(OC)c(F)ccc31)CCC2. The molecule has 0 saturated heterocycles. The largest absolute Gasteiger partial charge is 0.493 e. The number of fused-ring (bicyclic) bond motifs is 3. The summed E-state index contributed by atoms with van der Waals surface area (Å²) < 4.78 is 21.5. The van der Waals surface area contributed by atoms with Crippen molar-refractivity contribution in [1.82, 2.24) is 4.57 Å². The second-order valence-electron chi connectivity index (χ2n) is 4.91. The van der Waals surface area contributed by atoms with Gasteiger partial charge in [0.1, 0.15) is 0 Å². The summed E-state index contributed by atoms with van der Waals surface area (Å²) in [5.74, 6) is 0.161. The molecule has 0 unspecified atom stereocenters. The van der Waals surface area contributed by atoms with Gasteiger partial charge in [-0.2, -0.15) is 0 Å². The monoisotopic (exact) mass is 247 g/mol. The Morgan fingerprint density at radius 2 is 2.17 bits per heavy atom. The molecule has 0 spiro atoms. The van der Waals surface area contributed by atoms with Gasteiger partial charge in [0.2, 0.25) is 0 Å². The highest BCUT2D eigenvalue weighted by atomic mass is 19.1. The minimum Gasteiger partial charge on any atom is -0.493 e. The molecule has 0 saturated carbocycles. The van der Waals surface area contributed by atoms with Crippen LogP contribution in [0.3, 0.4) is 0 Å². The van der Waals surface area contributed by atoms with Gasteiger partial charge in [-0.1, -0.05) is 6.92 Å². The lowest BCUT2D eigenvalue weighted by atomic mass is 10.1. The number of rotatable bonds is 3. The van der Waals surface area contributed by atoms with Crippen molar-refractivity contribution in [2.24, 2.45) is 0 Å². The molecule has 1 aliphatic rings. The lowest BCUT2D eigenvalue weighted by molar-refractivity contribution is 0.391. The van der Waals surface area contributed by atoms with E-state index in [4.69, 9.17) is 4.74 Å². The summed E-state index contributed by atoms with van der Waals surface area (Å²) in [6.07, 6.45) is 4.41. The van der Waals surface area contributed by atoms with Gasteiger partial charge in [-0.15, -0.1) is 0 Å². The smallest absolute Gasteiger partial charge is 0.165 e. The molecule has 2 nitrogen and oxygen atoms in total. The highest BCUT2D eigenvalue weighted by Gasteiger charge is 2.24. The Morgan fingerprint density at radius 3 is 2.89 bits per heavy atom. The topological polar surface area (TPSA) is 14.2 Å². The van der Waals surface area contributed by atoms with E-state index in [9.17, 15) is 4.39 Å². The number of ether oxygens (including phenoxy) is 1. The second kappa shape index (κ2) is 4.30. The molecule has 96 valence electrons. The minimum atomic E-state index is -0.256. The third kappa shape index (κ3) is 1.46. The predicted octanol–water partition coefficient (Wildman–Crippen LogP) is 3.69. The van der Waals surface area contributed by atoms with Crippen LogP contribution in [-0.2, 0) is 19.4 Å². The highest BCUT2D eigenvalue weighted by molar-refractivity contribution is 5.92. The van der Waals surface area contributed by atoms with Crippen LogP contribution in [0.4, 0.5) is 4.39 Å². The van der Waals surface area contributed by atoms with Crippen LogP contribution in [0.15, 0.2) is 12.1 Å². The van der Waals surface area contributed by atoms with Gasteiger partial charge in [0.25, 0.3) is 0 Å². The molecule has 3 heteroatoms. The summed E-state index contributed by atoms with van der Waals surface area (Å²) in [6.45, 7) is 3.18. The quantitative estimate of drug-likeness (QED) is 0.807. The van der Waals surface area contributed by atoms with Gasteiger partial charge in [-0.05, 0) is 43.4 Å². The van der Waals surface area contributed by atoms with E-state index >= 15 is 0 Å². The molecule has 0 fully saturated rings. The lowest BCUT2D eigenvalue weighted by Gasteiger charge is -2.09. The van der Waals surface area contributed by atoms with Crippen LogP contribution >= 0.6 is 0 Å². The average molecular weight is 247 g/mol. The van der Waals surface area contributed by atoms with E-state index in [1.165, 1.54) is 23.7 Å². The molecule has 0 amide bonds. The Bertz CT molecular complexity index is 600. The van der Waals surface area contributed by atoms with Crippen molar-refractivity contribution < 1.29 is 9.13 Å². The number of aromatic nitrogens is 1. The maximum Gasteiger partial charge on any atom is 0.165 e. The summed E-state index contributed by atoms with van der Waals surface area (Å²) in [7, 11) is 1.55. The van der Waals surface area contributed by atoms with Crippen LogP contribution in [0.2, 0.25) is 0 Å². The van der Waals surface area contributed by atoms with E-state index < -0.39 is 0 Å². The van der Waals surface area contributed by atoms with Crippen molar-refractivity contribution in [1.29, 1.82) is 0 Å². The number of aryl methyl sites for hydroxylation is 2. The number of nitrogens with zero attached hydrogens (tertiary/aromatic N) is 1. The molecule has 2 aromatic rings. The van der Waals surface area contributed by atoms with Gasteiger partial charge < -0.3 is 9.30 Å². The summed E-state index contributed by atoms with van der Waals surface area (Å²) in [5.41, 5.74) is 3.81. The van der Waals surface area contributed by atoms with Crippen molar-refractivity contribution in [2.45, 2.75) is 39.2 Å². The van der Waals surface area contributed by atoms with Gasteiger partial charge in [0.15, 0.2) is 11.6 Å². The molecule has 1 aromatic heterocycles. The van der Waals surface area contributed by atoms with Crippen molar-refractivity contribution >= 4 is 10.9 Å². The van der Waals surface area contributed by atoms with Gasteiger partial charge in [-0.3, -0.25) is 0 Å². The van der Waals surface area contributed by atoms with E-state index in [2.05, 4.69) is 11.5 Å². The number of methoxy groups -OCH3 is 1. The van der Waals surface area contributed by atoms with E-state index in [0.717, 1.165) is 36.7 Å². The molecular formula is C15H18FNO. The van der Waals surface area contributed by atoms with Gasteiger partial charge in [-0.25, -0.2) is 4.39 Å². The maximum atomic E-state index is 13.8. The average Bonchev–Trinajstić information content (AvgIpc) is 2.93. The standard InChI is InChI=1S/C15H18FNO/c1-3-9-17-12-6-4-5-10(12)14-13(17)8-7-11(16)15(14)18-2/h7-8H,3-6,9H2,1-2H3. The molecule has 0 radical (unpaired) electrons. The van der Waals surface area contributed by atoms with Gasteiger partial charge in [0, 0.05) is 17.6 Å². The Kier molecular flexibility index (Phi) is 2.77. The van der Waals surface area contributed by atoms with E-state index in [0.29, 0.717) is 5.75 Å². The van der Waals surface area contributed by atoms with Crippen LogP contribution < -0.4 is 4.74 Å². The summed E-state index contributed by atoms with van der Waals surface area (Å²) in [6, 6.07) is 3.41. The van der Waals surface area contributed by atoms with Crippen molar-refractivity contribution in [2.75, 3.05) is 7.11 Å². The normalized spacial score (nSPS) is 14.2. The number of hydrogen-bond donors (Lipinski definition) is 0. The first kappa shape index (κ1) is 11.6. The van der Waals surface area contributed by atoms with Crippen molar-refractivity contribution in [3.05, 3.63) is 29.2 Å². The summed E-state index contributed by atoms with van der Waals surface area (Å²) in [4.78, 5) is 0. The second-order valence-corrected chi connectivity index (χ2v) is 4.91. The molecular weight excluding hydrogens is 229 g/mol. The molecule has 0 atom stereocenters. The molecule has 1 heterocycles. The first-order valence-electron chi connectivity index (χ1n) is 6.64. The Hall–Kier alpha value is -1.51. The van der Waals surface area contributed by atoms with Gasteiger partial charge >= 0.3 is 0 Å². The zero-order chi connectivity index (χ0) is 12.7. The van der Waals surface area contributed by atoms with Crippen LogP contribution in [0.1, 0.15) is 31.0 Å². The molecule has 1 aromatic carbocycles. The van der Waals surface area contributed by atoms with Crippen LogP contribution in [0.5, 0.6) is 5.75 Å². The van der Waals surface area contributed by atoms with E-state index in [1.54, 1.807) is 7.11 Å². The third-order valence-corrected chi connectivity index (χ3v) is 3.85. The number of benzene rings is 1. The third-order valence-electron chi connectivity index (χ3n) is 3.85. The highest BCUT2D eigenvalue weighted by Crippen LogP contribution is 2.39. The fraction of sp³-hybridized carbons (Fsp3) is 0.467. The molecule has 0 N–H and O–H groups in total. The van der Waals surface area contributed by atoms with Crippen LogP contribution in [0.25, 0.3) is 10.9 Å². The lowest BCUT2D eigenvalue weighted by Crippen LogP contribution is -2.01. The number of halogens is 1. The minimum absolute atomic E-state index is 0.256. The number of hydrogen-bond acceptors (Lipinski definition) is 1. The fourth-order valence-corrected chi connectivity index (χ4v) is 3.18. The molecule has 0 bridgehead atoms. The van der Waals surface area contributed by atoms with Crippen LogP contribution in [0, 0.1) is 5.82 Å². The molecule has 0 aliphatic heterocycles. The van der Waals surface area contributed by atoms with Crippen molar-refractivity contribution in [3.63, 3.8) is 0 Å². The first-order chi connectivity index (χ1) is 8.77. The predicted molar refractivity (Wildman–Crippen MR) is 70.8 cm³/mol. The van der Waals surface area contributed by atoms with E-state index in [1.807, 2.05) is 6.07 Å². The zero-order valence-corrected chi connectivity index (χ0v) is 10.9.